The standard InChI is InChI=1S/C13H20N2O/c1-2-13(14-12-3-4-12)9-15(6-1)8-11-5-7-16-10-11/h5,7,10,12-14H,1-4,6,8-9H2. The molecule has 1 aromatic heterocycles. The minimum Gasteiger partial charge on any atom is -0.472 e. The highest BCUT2D eigenvalue weighted by Crippen LogP contribution is 2.22. The summed E-state index contributed by atoms with van der Waals surface area (Å²) >= 11 is 0. The van der Waals surface area contributed by atoms with Gasteiger partial charge in [-0.05, 0) is 38.3 Å². The van der Waals surface area contributed by atoms with Crippen molar-refractivity contribution in [2.45, 2.75) is 44.3 Å². The van der Waals surface area contributed by atoms with Gasteiger partial charge in [0.25, 0.3) is 0 Å². The van der Waals surface area contributed by atoms with E-state index in [0.29, 0.717) is 6.04 Å². The van der Waals surface area contributed by atoms with Crippen LogP contribution in [0.3, 0.4) is 0 Å². The summed E-state index contributed by atoms with van der Waals surface area (Å²) in [5.41, 5.74) is 1.30. The summed E-state index contributed by atoms with van der Waals surface area (Å²) in [4.78, 5) is 2.54. The fraction of sp³-hybridized carbons (Fsp3) is 0.692. The molecule has 88 valence electrons. The van der Waals surface area contributed by atoms with Crippen molar-refractivity contribution in [1.29, 1.82) is 0 Å². The Morgan fingerprint density at radius 1 is 1.31 bits per heavy atom. The number of furan rings is 1. The zero-order valence-corrected chi connectivity index (χ0v) is 9.69. The van der Waals surface area contributed by atoms with E-state index in [2.05, 4.69) is 16.3 Å². The first-order valence-electron chi connectivity index (χ1n) is 6.39. The summed E-state index contributed by atoms with van der Waals surface area (Å²) in [7, 11) is 0. The molecule has 3 heteroatoms. The molecule has 2 heterocycles. The highest BCUT2D eigenvalue weighted by atomic mass is 16.3. The van der Waals surface area contributed by atoms with Crippen LogP contribution in [-0.4, -0.2) is 30.1 Å². The Balaban J connectivity index is 1.51. The van der Waals surface area contributed by atoms with Gasteiger partial charge in [0.15, 0.2) is 0 Å². The van der Waals surface area contributed by atoms with E-state index in [1.54, 1.807) is 6.26 Å². The quantitative estimate of drug-likeness (QED) is 0.841. The van der Waals surface area contributed by atoms with Gasteiger partial charge in [-0.2, -0.15) is 0 Å². The summed E-state index contributed by atoms with van der Waals surface area (Å²) < 4.78 is 5.12. The van der Waals surface area contributed by atoms with Gasteiger partial charge in [-0.25, -0.2) is 0 Å². The summed E-state index contributed by atoms with van der Waals surface area (Å²) in [6.45, 7) is 3.47. The Bertz CT molecular complexity index is 319. The van der Waals surface area contributed by atoms with Crippen molar-refractivity contribution in [3.05, 3.63) is 24.2 Å². The average molecular weight is 220 g/mol. The molecule has 1 N–H and O–H groups in total. The van der Waals surface area contributed by atoms with Crippen molar-refractivity contribution in [2.75, 3.05) is 13.1 Å². The molecular weight excluding hydrogens is 200 g/mol. The van der Waals surface area contributed by atoms with Crippen LogP contribution in [0.1, 0.15) is 31.2 Å². The molecule has 1 aliphatic heterocycles. The first-order chi connectivity index (χ1) is 7.90. The molecule has 1 unspecified atom stereocenters. The summed E-state index contributed by atoms with van der Waals surface area (Å²) in [6.07, 6.45) is 9.06. The number of nitrogens with one attached hydrogen (secondary N) is 1. The number of piperidine rings is 1. The third kappa shape index (κ3) is 2.66. The Labute approximate surface area is 96.8 Å². The van der Waals surface area contributed by atoms with Gasteiger partial charge in [0.1, 0.15) is 0 Å². The van der Waals surface area contributed by atoms with Gasteiger partial charge in [-0.15, -0.1) is 0 Å². The molecular formula is C13H20N2O. The topological polar surface area (TPSA) is 28.4 Å². The summed E-state index contributed by atoms with van der Waals surface area (Å²) in [6, 6.07) is 3.62. The van der Waals surface area contributed by atoms with Crippen LogP contribution < -0.4 is 5.32 Å². The van der Waals surface area contributed by atoms with E-state index in [9.17, 15) is 0 Å². The van der Waals surface area contributed by atoms with E-state index in [1.165, 1.54) is 44.3 Å². The summed E-state index contributed by atoms with van der Waals surface area (Å²) in [5.74, 6) is 0. The molecule has 0 aromatic carbocycles. The zero-order chi connectivity index (χ0) is 10.8. The van der Waals surface area contributed by atoms with E-state index >= 15 is 0 Å². The third-order valence-electron chi connectivity index (χ3n) is 3.54. The van der Waals surface area contributed by atoms with Crippen LogP contribution in [0, 0.1) is 0 Å². The van der Waals surface area contributed by atoms with E-state index in [1.807, 2.05) is 6.26 Å². The van der Waals surface area contributed by atoms with Gasteiger partial charge in [0.2, 0.25) is 0 Å². The smallest absolute Gasteiger partial charge is 0.0947 e. The second-order valence-electron chi connectivity index (χ2n) is 5.15. The molecule has 0 bridgehead atoms. The fourth-order valence-corrected chi connectivity index (χ4v) is 2.56. The van der Waals surface area contributed by atoms with Crippen molar-refractivity contribution in [2.24, 2.45) is 0 Å². The predicted octanol–water partition coefficient (Wildman–Crippen LogP) is 2.00. The molecule has 0 radical (unpaired) electrons. The molecule has 3 rings (SSSR count). The Hall–Kier alpha value is -0.800. The third-order valence-corrected chi connectivity index (χ3v) is 3.54. The molecule has 1 atom stereocenters. The maximum atomic E-state index is 5.12. The van der Waals surface area contributed by atoms with Gasteiger partial charge in [0.05, 0.1) is 12.5 Å². The van der Waals surface area contributed by atoms with Crippen LogP contribution >= 0.6 is 0 Å². The van der Waals surface area contributed by atoms with Gasteiger partial charge in [0, 0.05) is 30.7 Å². The Morgan fingerprint density at radius 2 is 2.25 bits per heavy atom. The molecule has 1 aliphatic carbocycles. The maximum absolute atomic E-state index is 5.12. The highest BCUT2D eigenvalue weighted by molar-refractivity contribution is 5.05. The second kappa shape index (κ2) is 4.60. The van der Waals surface area contributed by atoms with Crippen LogP contribution in [0.5, 0.6) is 0 Å². The zero-order valence-electron chi connectivity index (χ0n) is 9.69. The van der Waals surface area contributed by atoms with E-state index < -0.39 is 0 Å². The van der Waals surface area contributed by atoms with Crippen molar-refractivity contribution in [3.8, 4) is 0 Å². The fourth-order valence-electron chi connectivity index (χ4n) is 2.56. The molecule has 1 aromatic rings. The van der Waals surface area contributed by atoms with Crippen LogP contribution in [0.2, 0.25) is 0 Å². The molecule has 16 heavy (non-hydrogen) atoms. The molecule has 0 spiro atoms. The number of rotatable bonds is 4. The number of nitrogens with zero attached hydrogens (tertiary/aromatic N) is 1. The molecule has 2 fully saturated rings. The minimum absolute atomic E-state index is 0.716. The SMILES string of the molecule is c1cc(CN2CCCC(NC3CC3)C2)co1. The molecule has 1 saturated heterocycles. The summed E-state index contributed by atoms with van der Waals surface area (Å²) in [5, 5.41) is 3.74. The van der Waals surface area contributed by atoms with Gasteiger partial charge >= 0.3 is 0 Å². The van der Waals surface area contributed by atoms with Crippen molar-refractivity contribution < 1.29 is 4.42 Å². The van der Waals surface area contributed by atoms with Crippen LogP contribution in [0.15, 0.2) is 23.0 Å². The Morgan fingerprint density at radius 3 is 3.00 bits per heavy atom. The minimum atomic E-state index is 0.716. The van der Waals surface area contributed by atoms with Crippen LogP contribution in [0.25, 0.3) is 0 Å². The largest absolute Gasteiger partial charge is 0.472 e. The highest BCUT2D eigenvalue weighted by Gasteiger charge is 2.27. The lowest BCUT2D eigenvalue weighted by molar-refractivity contribution is 0.182. The van der Waals surface area contributed by atoms with Crippen molar-refractivity contribution in [3.63, 3.8) is 0 Å². The lowest BCUT2D eigenvalue weighted by Gasteiger charge is -2.33. The molecule has 3 nitrogen and oxygen atoms in total. The lowest BCUT2D eigenvalue weighted by atomic mass is 10.1. The van der Waals surface area contributed by atoms with Gasteiger partial charge < -0.3 is 9.73 Å². The first-order valence-corrected chi connectivity index (χ1v) is 6.39. The van der Waals surface area contributed by atoms with Crippen LogP contribution in [-0.2, 0) is 6.54 Å². The van der Waals surface area contributed by atoms with Crippen LogP contribution in [0.4, 0.5) is 0 Å². The maximum Gasteiger partial charge on any atom is 0.0947 e. The van der Waals surface area contributed by atoms with E-state index in [4.69, 9.17) is 4.42 Å². The second-order valence-corrected chi connectivity index (χ2v) is 5.15. The number of hydrogen-bond acceptors (Lipinski definition) is 3. The molecule has 1 saturated carbocycles. The van der Waals surface area contributed by atoms with E-state index in [-0.39, 0.29) is 0 Å². The van der Waals surface area contributed by atoms with Crippen molar-refractivity contribution >= 4 is 0 Å². The van der Waals surface area contributed by atoms with Gasteiger partial charge in [-0.1, -0.05) is 0 Å². The Kier molecular flexibility index (Phi) is 2.98. The lowest BCUT2D eigenvalue weighted by Crippen LogP contribution is -2.45. The van der Waals surface area contributed by atoms with Gasteiger partial charge in [-0.3, -0.25) is 4.90 Å². The molecule has 2 aliphatic rings. The normalized spacial score (nSPS) is 27.1. The average Bonchev–Trinajstić information content (AvgIpc) is 2.94. The molecule has 0 amide bonds. The predicted molar refractivity (Wildman–Crippen MR) is 63.2 cm³/mol. The number of hydrogen-bond donors (Lipinski definition) is 1. The number of likely N-dealkylation sites (tertiary alicyclic amines) is 1. The van der Waals surface area contributed by atoms with E-state index in [0.717, 1.165) is 12.6 Å². The van der Waals surface area contributed by atoms with Crippen molar-refractivity contribution in [1.82, 2.24) is 10.2 Å². The monoisotopic (exact) mass is 220 g/mol. The first kappa shape index (κ1) is 10.4.